The van der Waals surface area contributed by atoms with Gasteiger partial charge in [-0.2, -0.15) is 9.29 Å². The Bertz CT molecular complexity index is 1080. The van der Waals surface area contributed by atoms with Gasteiger partial charge >= 0.3 is 0 Å². The van der Waals surface area contributed by atoms with E-state index < -0.39 is 10.0 Å². The smallest absolute Gasteiger partial charge is 0.244 e. The molecule has 0 bridgehead atoms. The molecule has 1 aromatic heterocycles. The van der Waals surface area contributed by atoms with Crippen LogP contribution in [0.1, 0.15) is 18.9 Å². The van der Waals surface area contributed by atoms with Crippen LogP contribution in [-0.4, -0.2) is 61.1 Å². The van der Waals surface area contributed by atoms with Crippen LogP contribution in [0.25, 0.3) is 11.4 Å². The quantitative estimate of drug-likeness (QED) is 0.596. The van der Waals surface area contributed by atoms with Gasteiger partial charge in [0.25, 0.3) is 0 Å². The number of methoxy groups -OCH3 is 1. The lowest BCUT2D eigenvalue weighted by Crippen LogP contribution is -2.49. The maximum Gasteiger partial charge on any atom is 0.244 e. The number of piperazine rings is 1. The number of hydrogen-bond acceptors (Lipinski definition) is 7. The summed E-state index contributed by atoms with van der Waals surface area (Å²) >= 11 is 0. The molecular formula is C21H24N4O4S. The molecule has 1 atom stereocenters. The van der Waals surface area contributed by atoms with Crippen molar-refractivity contribution in [1.29, 1.82) is 0 Å². The number of aromatic nitrogens is 2. The largest absolute Gasteiger partial charge is 0.497 e. The fourth-order valence-electron chi connectivity index (χ4n) is 3.49. The lowest BCUT2D eigenvalue weighted by molar-refractivity contribution is 0.124. The third-order valence-corrected chi connectivity index (χ3v) is 7.26. The van der Waals surface area contributed by atoms with Crippen LogP contribution in [0, 0.1) is 0 Å². The van der Waals surface area contributed by atoms with Crippen LogP contribution in [0.2, 0.25) is 0 Å². The first kappa shape index (κ1) is 20.5. The van der Waals surface area contributed by atoms with Gasteiger partial charge in [0, 0.05) is 31.7 Å². The van der Waals surface area contributed by atoms with Crippen LogP contribution >= 0.6 is 0 Å². The third kappa shape index (κ3) is 4.09. The van der Waals surface area contributed by atoms with Gasteiger partial charge in [-0.3, -0.25) is 4.90 Å². The molecule has 1 aliphatic rings. The standard InChI is InChI=1S/C21H24N4O4S/c1-16(21-22-20(23-29-21)17-6-4-3-5-7-17)24-12-14-25(15-13-24)30(26,27)19-10-8-18(28-2)9-11-19/h3-11,16H,12-15H2,1-2H3. The molecule has 1 aliphatic heterocycles. The molecule has 1 unspecified atom stereocenters. The number of hydrogen-bond donors (Lipinski definition) is 0. The number of benzene rings is 2. The van der Waals surface area contributed by atoms with E-state index in [1.165, 1.54) is 4.31 Å². The summed E-state index contributed by atoms with van der Waals surface area (Å²) in [4.78, 5) is 6.95. The molecule has 0 N–H and O–H groups in total. The van der Waals surface area contributed by atoms with Crippen molar-refractivity contribution >= 4 is 10.0 Å². The van der Waals surface area contributed by atoms with Gasteiger partial charge in [-0.25, -0.2) is 8.42 Å². The first-order valence-corrected chi connectivity index (χ1v) is 11.2. The Labute approximate surface area is 176 Å². The highest BCUT2D eigenvalue weighted by atomic mass is 32.2. The van der Waals surface area contributed by atoms with Gasteiger partial charge in [0.15, 0.2) is 0 Å². The van der Waals surface area contributed by atoms with Crippen molar-refractivity contribution in [2.24, 2.45) is 0 Å². The minimum atomic E-state index is -3.53. The summed E-state index contributed by atoms with van der Waals surface area (Å²) in [5.41, 5.74) is 0.898. The highest BCUT2D eigenvalue weighted by molar-refractivity contribution is 7.89. The molecule has 9 heteroatoms. The lowest BCUT2D eigenvalue weighted by atomic mass is 10.2. The SMILES string of the molecule is COc1ccc(S(=O)(=O)N2CCN(C(C)c3nc(-c4ccccc4)no3)CC2)cc1. The van der Waals surface area contributed by atoms with E-state index >= 15 is 0 Å². The molecule has 0 amide bonds. The maximum atomic E-state index is 12.9. The van der Waals surface area contributed by atoms with E-state index in [0.29, 0.717) is 43.6 Å². The topological polar surface area (TPSA) is 88.8 Å². The Kier molecular flexibility index (Phi) is 5.85. The van der Waals surface area contributed by atoms with Crippen molar-refractivity contribution in [3.05, 3.63) is 60.5 Å². The van der Waals surface area contributed by atoms with Gasteiger partial charge in [0.1, 0.15) is 5.75 Å². The van der Waals surface area contributed by atoms with Crippen molar-refractivity contribution in [1.82, 2.24) is 19.3 Å². The van der Waals surface area contributed by atoms with Gasteiger partial charge in [-0.15, -0.1) is 0 Å². The monoisotopic (exact) mass is 428 g/mol. The molecule has 0 spiro atoms. The van der Waals surface area contributed by atoms with Crippen LogP contribution < -0.4 is 4.74 Å². The average molecular weight is 429 g/mol. The number of rotatable bonds is 6. The van der Waals surface area contributed by atoms with Crippen molar-refractivity contribution in [3.8, 4) is 17.1 Å². The zero-order valence-electron chi connectivity index (χ0n) is 16.9. The Hall–Kier alpha value is -2.75. The Balaban J connectivity index is 1.41. The third-order valence-electron chi connectivity index (χ3n) is 5.35. The van der Waals surface area contributed by atoms with E-state index in [2.05, 4.69) is 15.0 Å². The molecule has 0 saturated carbocycles. The zero-order chi connectivity index (χ0) is 21.1. The Morgan fingerprint density at radius 2 is 1.67 bits per heavy atom. The van der Waals surface area contributed by atoms with Crippen molar-refractivity contribution in [2.75, 3.05) is 33.3 Å². The predicted octanol–water partition coefficient (Wildman–Crippen LogP) is 2.81. The normalized spacial score (nSPS) is 17.0. The molecular weight excluding hydrogens is 404 g/mol. The fraction of sp³-hybridized carbons (Fsp3) is 0.333. The van der Waals surface area contributed by atoms with Crippen molar-refractivity contribution in [3.63, 3.8) is 0 Å². The molecule has 8 nitrogen and oxygen atoms in total. The minimum absolute atomic E-state index is 0.0965. The Morgan fingerprint density at radius 1 is 1.00 bits per heavy atom. The van der Waals surface area contributed by atoms with E-state index in [1.54, 1.807) is 31.4 Å². The molecule has 2 heterocycles. The second kappa shape index (κ2) is 8.55. The highest BCUT2D eigenvalue weighted by Gasteiger charge is 2.32. The first-order chi connectivity index (χ1) is 14.5. The van der Waals surface area contributed by atoms with Crippen LogP contribution in [0.5, 0.6) is 5.75 Å². The van der Waals surface area contributed by atoms with Crippen molar-refractivity contribution < 1.29 is 17.7 Å². The molecule has 4 rings (SSSR count). The van der Waals surface area contributed by atoms with E-state index in [1.807, 2.05) is 37.3 Å². The molecule has 3 aromatic rings. The summed E-state index contributed by atoms with van der Waals surface area (Å²) < 4.78 is 37.9. The average Bonchev–Trinajstić information content (AvgIpc) is 3.30. The summed E-state index contributed by atoms with van der Waals surface area (Å²) in [6.07, 6.45) is 0. The molecule has 158 valence electrons. The maximum absolute atomic E-state index is 12.9. The van der Waals surface area contributed by atoms with E-state index in [-0.39, 0.29) is 10.9 Å². The molecule has 1 saturated heterocycles. The number of ether oxygens (including phenoxy) is 1. The lowest BCUT2D eigenvalue weighted by Gasteiger charge is -2.36. The zero-order valence-corrected chi connectivity index (χ0v) is 17.7. The second-order valence-electron chi connectivity index (χ2n) is 7.11. The molecule has 2 aromatic carbocycles. The first-order valence-electron chi connectivity index (χ1n) is 9.76. The van der Waals surface area contributed by atoms with Crippen LogP contribution in [0.3, 0.4) is 0 Å². The number of sulfonamides is 1. The van der Waals surface area contributed by atoms with Crippen LogP contribution in [0.4, 0.5) is 0 Å². The van der Waals surface area contributed by atoms with E-state index in [9.17, 15) is 8.42 Å². The molecule has 30 heavy (non-hydrogen) atoms. The molecule has 0 aliphatic carbocycles. The van der Waals surface area contributed by atoms with Gasteiger partial charge < -0.3 is 9.26 Å². The predicted molar refractivity (Wildman–Crippen MR) is 111 cm³/mol. The number of nitrogens with zero attached hydrogens (tertiary/aromatic N) is 4. The highest BCUT2D eigenvalue weighted by Crippen LogP contribution is 2.26. The summed E-state index contributed by atoms with van der Waals surface area (Å²) in [6.45, 7) is 3.96. The summed E-state index contributed by atoms with van der Waals surface area (Å²) in [5, 5.41) is 4.08. The minimum Gasteiger partial charge on any atom is -0.497 e. The summed E-state index contributed by atoms with van der Waals surface area (Å²) in [5.74, 6) is 1.71. The molecule has 0 radical (unpaired) electrons. The molecule has 1 fully saturated rings. The summed E-state index contributed by atoms with van der Waals surface area (Å²) in [7, 11) is -1.98. The van der Waals surface area contributed by atoms with Crippen LogP contribution in [0.15, 0.2) is 64.0 Å². The summed E-state index contributed by atoms with van der Waals surface area (Å²) in [6, 6.07) is 16.0. The van der Waals surface area contributed by atoms with E-state index in [4.69, 9.17) is 9.26 Å². The second-order valence-corrected chi connectivity index (χ2v) is 9.05. The van der Waals surface area contributed by atoms with E-state index in [0.717, 1.165) is 5.56 Å². The van der Waals surface area contributed by atoms with Gasteiger partial charge in [-0.05, 0) is 31.2 Å². The van der Waals surface area contributed by atoms with Crippen molar-refractivity contribution in [2.45, 2.75) is 17.9 Å². The van der Waals surface area contributed by atoms with Gasteiger partial charge in [0.05, 0.1) is 18.0 Å². The van der Waals surface area contributed by atoms with Crippen LogP contribution in [-0.2, 0) is 10.0 Å². The van der Waals surface area contributed by atoms with Gasteiger partial charge in [-0.1, -0.05) is 35.5 Å². The van der Waals surface area contributed by atoms with Gasteiger partial charge in [0.2, 0.25) is 21.7 Å². The fourth-order valence-corrected chi connectivity index (χ4v) is 4.92. The Morgan fingerprint density at radius 3 is 2.30 bits per heavy atom.